The highest BCUT2D eigenvalue weighted by molar-refractivity contribution is 6.09. The van der Waals surface area contributed by atoms with Crippen LogP contribution in [-0.2, 0) is 0 Å². The number of rotatable bonds is 6. The molecule has 0 amide bonds. The van der Waals surface area contributed by atoms with Crippen LogP contribution in [0.4, 0.5) is 0 Å². The van der Waals surface area contributed by atoms with Crippen LogP contribution in [0.3, 0.4) is 0 Å². The first-order chi connectivity index (χ1) is 25.2. The SMILES string of the molecule is Cc1ccc2ccc3c(-c4ccc(-c5nc(-c6ccccc6)nc(-c6ccc(-c7ccccc7)cc6)n5)cc4)cc(-c4cccnc4)nc3c2n1. The minimum Gasteiger partial charge on any atom is -0.264 e. The summed E-state index contributed by atoms with van der Waals surface area (Å²) in [6.45, 7) is 2.01. The zero-order valence-corrected chi connectivity index (χ0v) is 27.8. The third-order valence-corrected chi connectivity index (χ3v) is 9.11. The largest absolute Gasteiger partial charge is 0.264 e. The Morgan fingerprint density at radius 1 is 0.392 bits per heavy atom. The van der Waals surface area contributed by atoms with E-state index in [1.54, 1.807) is 6.20 Å². The van der Waals surface area contributed by atoms with Crippen LogP contribution in [0.25, 0.3) is 89.5 Å². The van der Waals surface area contributed by atoms with Crippen LogP contribution >= 0.6 is 0 Å². The van der Waals surface area contributed by atoms with Crippen molar-refractivity contribution in [3.63, 3.8) is 0 Å². The normalized spacial score (nSPS) is 11.2. The van der Waals surface area contributed by atoms with Crippen LogP contribution in [-0.4, -0.2) is 29.9 Å². The maximum atomic E-state index is 5.14. The fourth-order valence-electron chi connectivity index (χ4n) is 6.46. The van der Waals surface area contributed by atoms with E-state index in [0.29, 0.717) is 17.5 Å². The molecule has 0 saturated carbocycles. The van der Waals surface area contributed by atoms with Gasteiger partial charge in [0.25, 0.3) is 0 Å². The number of aryl methyl sites for hydroxylation is 1. The molecular weight excluding hydrogens is 625 g/mol. The lowest BCUT2D eigenvalue weighted by Crippen LogP contribution is -2.00. The standard InChI is InChI=1S/C45H30N6/c1-29-14-15-33-24-25-38-39(27-40(37-13-8-26-46-28-37)48-42(38)41(33)47-29)32-18-22-36(23-19-32)45-50-43(34-11-6-3-7-12-34)49-44(51-45)35-20-16-31(17-21-35)30-9-4-2-5-10-30/h2-28H,1H3. The third kappa shape index (κ3) is 5.89. The van der Waals surface area contributed by atoms with Crippen molar-refractivity contribution < 1.29 is 0 Å². The van der Waals surface area contributed by atoms with Gasteiger partial charge in [-0.2, -0.15) is 0 Å². The zero-order chi connectivity index (χ0) is 34.1. The summed E-state index contributed by atoms with van der Waals surface area (Å²) in [6.07, 6.45) is 3.63. The average Bonchev–Trinajstić information content (AvgIpc) is 3.21. The van der Waals surface area contributed by atoms with E-state index in [-0.39, 0.29) is 0 Å². The highest BCUT2D eigenvalue weighted by Crippen LogP contribution is 2.36. The number of hydrogen-bond acceptors (Lipinski definition) is 6. The van der Waals surface area contributed by atoms with Crippen LogP contribution in [0.15, 0.2) is 164 Å². The zero-order valence-electron chi connectivity index (χ0n) is 27.8. The van der Waals surface area contributed by atoms with Crippen molar-refractivity contribution in [2.24, 2.45) is 0 Å². The summed E-state index contributed by atoms with van der Waals surface area (Å²) >= 11 is 0. The lowest BCUT2D eigenvalue weighted by molar-refractivity contribution is 1.07. The van der Waals surface area contributed by atoms with Crippen LogP contribution in [0.2, 0.25) is 0 Å². The number of aromatic nitrogens is 6. The van der Waals surface area contributed by atoms with E-state index < -0.39 is 0 Å². The fourth-order valence-corrected chi connectivity index (χ4v) is 6.46. The van der Waals surface area contributed by atoms with Crippen LogP contribution in [0, 0.1) is 6.92 Å². The smallest absolute Gasteiger partial charge is 0.164 e. The number of fused-ring (bicyclic) bond motifs is 3. The molecular formula is C45H30N6. The summed E-state index contributed by atoms with van der Waals surface area (Å²) in [5.74, 6) is 1.86. The Balaban J connectivity index is 1.15. The first kappa shape index (κ1) is 30.2. The summed E-state index contributed by atoms with van der Waals surface area (Å²) < 4.78 is 0. The van der Waals surface area contributed by atoms with Gasteiger partial charge in [-0.3, -0.25) is 9.97 Å². The summed E-state index contributed by atoms with van der Waals surface area (Å²) in [7, 11) is 0. The van der Waals surface area contributed by atoms with Gasteiger partial charge in [-0.05, 0) is 53.4 Å². The van der Waals surface area contributed by atoms with Gasteiger partial charge in [0.05, 0.1) is 16.7 Å². The number of benzene rings is 5. The van der Waals surface area contributed by atoms with Gasteiger partial charge < -0.3 is 0 Å². The van der Waals surface area contributed by atoms with Crippen molar-refractivity contribution in [2.45, 2.75) is 6.92 Å². The molecule has 5 aromatic carbocycles. The fraction of sp³-hybridized carbons (Fsp3) is 0.0222. The van der Waals surface area contributed by atoms with Gasteiger partial charge in [0, 0.05) is 51.1 Å². The van der Waals surface area contributed by atoms with Crippen LogP contribution in [0.1, 0.15) is 5.69 Å². The van der Waals surface area contributed by atoms with E-state index in [9.17, 15) is 0 Å². The molecule has 6 nitrogen and oxygen atoms in total. The highest BCUT2D eigenvalue weighted by Gasteiger charge is 2.16. The average molecular weight is 655 g/mol. The van der Waals surface area contributed by atoms with Gasteiger partial charge in [-0.15, -0.1) is 0 Å². The summed E-state index contributed by atoms with van der Waals surface area (Å²) in [4.78, 5) is 29.3. The molecule has 0 fully saturated rings. The molecule has 0 saturated heterocycles. The summed E-state index contributed by atoms with van der Waals surface area (Å²) in [5.41, 5.74) is 11.7. The van der Waals surface area contributed by atoms with Gasteiger partial charge >= 0.3 is 0 Å². The molecule has 0 aliphatic carbocycles. The molecule has 0 bridgehead atoms. The lowest BCUT2D eigenvalue weighted by atomic mass is 9.96. The molecule has 0 atom stereocenters. The predicted octanol–water partition coefficient (Wildman–Crippen LogP) is 10.7. The maximum absolute atomic E-state index is 5.14. The highest BCUT2D eigenvalue weighted by atomic mass is 15.0. The van der Waals surface area contributed by atoms with E-state index in [1.165, 1.54) is 5.56 Å². The van der Waals surface area contributed by atoms with E-state index in [4.69, 9.17) is 24.9 Å². The molecule has 0 unspecified atom stereocenters. The minimum absolute atomic E-state index is 0.610. The Kier molecular flexibility index (Phi) is 7.59. The van der Waals surface area contributed by atoms with E-state index in [0.717, 1.165) is 72.1 Å². The molecule has 0 radical (unpaired) electrons. The van der Waals surface area contributed by atoms with Crippen molar-refractivity contribution in [3.8, 4) is 67.7 Å². The quantitative estimate of drug-likeness (QED) is 0.166. The Morgan fingerprint density at radius 2 is 0.922 bits per heavy atom. The molecule has 0 aliphatic rings. The van der Waals surface area contributed by atoms with Crippen LogP contribution in [0.5, 0.6) is 0 Å². The van der Waals surface area contributed by atoms with E-state index in [1.807, 2.05) is 67.7 Å². The molecule has 0 N–H and O–H groups in total. The van der Waals surface area contributed by atoms with Gasteiger partial charge in [0.2, 0.25) is 0 Å². The third-order valence-electron chi connectivity index (χ3n) is 9.11. The van der Waals surface area contributed by atoms with E-state index in [2.05, 4.69) is 102 Å². The minimum atomic E-state index is 0.610. The van der Waals surface area contributed by atoms with E-state index >= 15 is 0 Å². The Morgan fingerprint density at radius 3 is 1.55 bits per heavy atom. The summed E-state index contributed by atoms with van der Waals surface area (Å²) in [5, 5.41) is 2.09. The van der Waals surface area contributed by atoms with Gasteiger partial charge in [-0.1, -0.05) is 127 Å². The first-order valence-electron chi connectivity index (χ1n) is 16.9. The number of nitrogens with zero attached hydrogens (tertiary/aromatic N) is 6. The molecule has 4 heterocycles. The second-order valence-corrected chi connectivity index (χ2v) is 12.5. The second-order valence-electron chi connectivity index (χ2n) is 12.5. The first-order valence-corrected chi connectivity index (χ1v) is 16.9. The molecule has 4 aromatic heterocycles. The second kappa shape index (κ2) is 12.8. The van der Waals surface area contributed by atoms with Gasteiger partial charge in [0.15, 0.2) is 17.5 Å². The Hall–Kier alpha value is -6.92. The molecule has 9 rings (SSSR count). The monoisotopic (exact) mass is 654 g/mol. The molecule has 6 heteroatoms. The molecule has 0 spiro atoms. The van der Waals surface area contributed by atoms with Gasteiger partial charge in [0.1, 0.15) is 0 Å². The number of pyridine rings is 3. The lowest BCUT2D eigenvalue weighted by Gasteiger charge is -2.13. The van der Waals surface area contributed by atoms with Crippen molar-refractivity contribution in [2.75, 3.05) is 0 Å². The predicted molar refractivity (Wildman–Crippen MR) is 206 cm³/mol. The van der Waals surface area contributed by atoms with Crippen molar-refractivity contribution >= 4 is 21.8 Å². The van der Waals surface area contributed by atoms with Gasteiger partial charge in [-0.25, -0.2) is 19.9 Å². The van der Waals surface area contributed by atoms with Crippen molar-refractivity contribution in [1.82, 2.24) is 29.9 Å². The molecule has 240 valence electrons. The molecule has 0 aliphatic heterocycles. The van der Waals surface area contributed by atoms with Crippen LogP contribution < -0.4 is 0 Å². The maximum Gasteiger partial charge on any atom is 0.164 e. The van der Waals surface area contributed by atoms with Crippen molar-refractivity contribution in [3.05, 3.63) is 170 Å². The molecule has 9 aromatic rings. The molecule has 51 heavy (non-hydrogen) atoms. The number of hydrogen-bond donors (Lipinski definition) is 0. The Labute approximate surface area is 295 Å². The van der Waals surface area contributed by atoms with Crippen molar-refractivity contribution in [1.29, 1.82) is 0 Å². The topological polar surface area (TPSA) is 77.3 Å². The summed E-state index contributed by atoms with van der Waals surface area (Å²) in [6, 6.07) is 51.7. The Bertz CT molecular complexity index is 2660.